The Bertz CT molecular complexity index is 974. The van der Waals surface area contributed by atoms with E-state index in [1.54, 1.807) is 0 Å². The van der Waals surface area contributed by atoms with Crippen LogP contribution in [-0.2, 0) is 9.53 Å². The lowest BCUT2D eigenvalue weighted by Crippen LogP contribution is -2.35. The van der Waals surface area contributed by atoms with Gasteiger partial charge in [0.2, 0.25) is 0 Å². The number of hydrogen-bond acceptors (Lipinski definition) is 6. The number of hydrogen-bond donors (Lipinski definition) is 0. The smallest absolute Gasteiger partial charge is 0.338 e. The molecule has 0 fully saturated rings. The van der Waals surface area contributed by atoms with Crippen LogP contribution in [0.4, 0.5) is 11.4 Å². The molecule has 1 amide bonds. The Morgan fingerprint density at radius 1 is 1.14 bits per heavy atom. The summed E-state index contributed by atoms with van der Waals surface area (Å²) in [6, 6.07) is 11.5. The molecule has 2 aromatic carbocycles. The van der Waals surface area contributed by atoms with Gasteiger partial charge in [-0.15, -0.1) is 0 Å². The largest absolute Gasteiger partial charge is 0.452 e. The fraction of sp³-hybridized carbons (Fsp3) is 0.286. The summed E-state index contributed by atoms with van der Waals surface area (Å²) in [5, 5.41) is 19.8. The molecule has 0 heterocycles. The van der Waals surface area contributed by atoms with Crippen molar-refractivity contribution in [2.45, 2.75) is 27.2 Å². The van der Waals surface area contributed by atoms with Gasteiger partial charge in [-0.2, -0.15) is 5.26 Å². The maximum absolute atomic E-state index is 12.7. The second-order valence-electron chi connectivity index (χ2n) is 6.63. The van der Waals surface area contributed by atoms with Crippen molar-refractivity contribution in [1.29, 1.82) is 5.26 Å². The summed E-state index contributed by atoms with van der Waals surface area (Å²) in [5.41, 5.74) is 2.90. The molecule has 0 aromatic heterocycles. The van der Waals surface area contributed by atoms with Crippen LogP contribution in [0, 0.1) is 42.2 Å². The molecular weight excluding hydrogens is 374 g/mol. The van der Waals surface area contributed by atoms with Gasteiger partial charge < -0.3 is 9.64 Å². The maximum Gasteiger partial charge on any atom is 0.338 e. The van der Waals surface area contributed by atoms with E-state index in [9.17, 15) is 19.7 Å². The fourth-order valence-corrected chi connectivity index (χ4v) is 2.94. The average Bonchev–Trinajstić information content (AvgIpc) is 2.65. The predicted molar refractivity (Wildman–Crippen MR) is 107 cm³/mol. The van der Waals surface area contributed by atoms with Gasteiger partial charge in [0.25, 0.3) is 11.6 Å². The number of carbonyl (C=O) groups excluding carboxylic acids is 2. The highest BCUT2D eigenvalue weighted by atomic mass is 16.6. The van der Waals surface area contributed by atoms with E-state index in [1.165, 1.54) is 30.0 Å². The zero-order valence-electron chi connectivity index (χ0n) is 16.5. The Morgan fingerprint density at radius 3 is 2.34 bits per heavy atom. The number of nitrogens with zero attached hydrogens (tertiary/aromatic N) is 3. The van der Waals surface area contributed by atoms with Crippen molar-refractivity contribution in [2.24, 2.45) is 0 Å². The van der Waals surface area contributed by atoms with Crippen LogP contribution in [0.15, 0.2) is 36.4 Å². The van der Waals surface area contributed by atoms with E-state index in [0.717, 1.165) is 11.1 Å². The van der Waals surface area contributed by atoms with Crippen LogP contribution in [-0.4, -0.2) is 30.0 Å². The van der Waals surface area contributed by atoms with Crippen LogP contribution in [0.2, 0.25) is 0 Å². The standard InChI is InChI=1S/C21H21N3O5/c1-14-9-15(2)11-18(10-14)23(8-4-7-22)20(25)13-29-21(26)17-5-6-19(24(27)28)16(3)12-17/h5-6,9-12H,4,8,13H2,1-3H3. The van der Waals surface area contributed by atoms with Crippen LogP contribution >= 0.6 is 0 Å². The van der Waals surface area contributed by atoms with Gasteiger partial charge in [-0.1, -0.05) is 6.07 Å². The number of aryl methyl sites for hydroxylation is 3. The highest BCUT2D eigenvalue weighted by Gasteiger charge is 2.20. The Hall–Kier alpha value is -3.73. The van der Waals surface area contributed by atoms with E-state index in [4.69, 9.17) is 10.00 Å². The Kier molecular flexibility index (Phi) is 7.04. The van der Waals surface area contributed by atoms with Crippen molar-refractivity contribution < 1.29 is 19.2 Å². The molecule has 0 aliphatic heterocycles. The first-order valence-corrected chi connectivity index (χ1v) is 8.90. The van der Waals surface area contributed by atoms with Gasteiger partial charge in [0.15, 0.2) is 6.61 Å². The van der Waals surface area contributed by atoms with Gasteiger partial charge in [-0.25, -0.2) is 4.79 Å². The molecule has 2 rings (SSSR count). The Balaban J connectivity index is 2.13. The molecule has 0 N–H and O–H groups in total. The molecular formula is C21H21N3O5. The van der Waals surface area contributed by atoms with Gasteiger partial charge >= 0.3 is 5.97 Å². The molecule has 8 nitrogen and oxygen atoms in total. The zero-order chi connectivity index (χ0) is 21.6. The number of nitro groups is 1. The third kappa shape index (κ3) is 5.62. The normalized spacial score (nSPS) is 10.1. The molecule has 0 aliphatic carbocycles. The minimum Gasteiger partial charge on any atom is -0.452 e. The summed E-state index contributed by atoms with van der Waals surface area (Å²) in [5.74, 6) is -1.21. The molecule has 29 heavy (non-hydrogen) atoms. The monoisotopic (exact) mass is 395 g/mol. The van der Waals surface area contributed by atoms with Crippen LogP contribution in [0.3, 0.4) is 0 Å². The molecule has 0 spiro atoms. The van der Waals surface area contributed by atoms with Crippen molar-refractivity contribution in [2.75, 3.05) is 18.1 Å². The summed E-state index contributed by atoms with van der Waals surface area (Å²) >= 11 is 0. The quantitative estimate of drug-likeness (QED) is 0.402. The SMILES string of the molecule is Cc1cc(C)cc(N(CCC#N)C(=O)COC(=O)c2ccc([N+](=O)[O-])c(C)c2)c1. The Labute approximate surface area is 168 Å². The van der Waals surface area contributed by atoms with Crippen LogP contribution in [0.25, 0.3) is 0 Å². The van der Waals surface area contributed by atoms with Crippen molar-refractivity contribution in [3.63, 3.8) is 0 Å². The van der Waals surface area contributed by atoms with E-state index < -0.39 is 23.4 Å². The summed E-state index contributed by atoms with van der Waals surface area (Å²) in [6.07, 6.45) is 0.133. The molecule has 8 heteroatoms. The van der Waals surface area contributed by atoms with Gasteiger partial charge in [0, 0.05) is 23.9 Å². The fourth-order valence-electron chi connectivity index (χ4n) is 2.94. The summed E-state index contributed by atoms with van der Waals surface area (Å²) < 4.78 is 5.11. The van der Waals surface area contributed by atoms with Crippen molar-refractivity contribution in [3.05, 3.63) is 68.8 Å². The number of nitro benzene ring substituents is 1. The molecule has 0 saturated carbocycles. The number of benzene rings is 2. The second-order valence-corrected chi connectivity index (χ2v) is 6.63. The number of nitriles is 1. The van der Waals surface area contributed by atoms with E-state index in [1.807, 2.05) is 38.1 Å². The third-order valence-corrected chi connectivity index (χ3v) is 4.22. The minimum absolute atomic E-state index is 0.102. The van der Waals surface area contributed by atoms with Crippen LogP contribution in [0.1, 0.15) is 33.5 Å². The highest BCUT2D eigenvalue weighted by molar-refractivity contribution is 5.97. The summed E-state index contributed by atoms with van der Waals surface area (Å²) in [7, 11) is 0. The molecule has 150 valence electrons. The van der Waals surface area contributed by atoms with E-state index in [2.05, 4.69) is 0 Å². The lowest BCUT2D eigenvalue weighted by molar-refractivity contribution is -0.385. The van der Waals surface area contributed by atoms with E-state index >= 15 is 0 Å². The zero-order valence-corrected chi connectivity index (χ0v) is 16.5. The van der Waals surface area contributed by atoms with Crippen LogP contribution < -0.4 is 4.90 Å². The third-order valence-electron chi connectivity index (χ3n) is 4.22. The summed E-state index contributed by atoms with van der Waals surface area (Å²) in [4.78, 5) is 36.7. The van der Waals surface area contributed by atoms with Gasteiger partial charge in [0.1, 0.15) is 0 Å². The lowest BCUT2D eigenvalue weighted by Gasteiger charge is -2.22. The number of carbonyl (C=O) groups is 2. The number of anilines is 1. The first-order valence-electron chi connectivity index (χ1n) is 8.90. The number of esters is 1. The topological polar surface area (TPSA) is 114 Å². The molecule has 0 radical (unpaired) electrons. The van der Waals surface area contributed by atoms with Gasteiger partial charge in [-0.05, 0) is 56.2 Å². The Morgan fingerprint density at radius 2 is 1.79 bits per heavy atom. The maximum atomic E-state index is 12.7. The minimum atomic E-state index is -0.753. The van der Waals surface area contributed by atoms with Crippen molar-refractivity contribution >= 4 is 23.3 Å². The van der Waals surface area contributed by atoms with Gasteiger partial charge in [0.05, 0.1) is 23.0 Å². The highest BCUT2D eigenvalue weighted by Crippen LogP contribution is 2.21. The average molecular weight is 395 g/mol. The second kappa shape index (κ2) is 9.46. The molecule has 0 aliphatic rings. The van der Waals surface area contributed by atoms with Crippen molar-refractivity contribution in [3.8, 4) is 6.07 Å². The van der Waals surface area contributed by atoms with E-state index in [-0.39, 0.29) is 24.2 Å². The van der Waals surface area contributed by atoms with E-state index in [0.29, 0.717) is 11.3 Å². The number of amides is 1. The number of rotatable bonds is 7. The molecule has 0 bridgehead atoms. The first kappa shape index (κ1) is 21.6. The summed E-state index contributed by atoms with van der Waals surface area (Å²) in [6.45, 7) is 4.99. The molecule has 0 unspecified atom stereocenters. The van der Waals surface area contributed by atoms with Crippen LogP contribution in [0.5, 0.6) is 0 Å². The lowest BCUT2D eigenvalue weighted by atomic mass is 10.1. The molecule has 2 aromatic rings. The first-order chi connectivity index (χ1) is 13.7. The van der Waals surface area contributed by atoms with Gasteiger partial charge in [-0.3, -0.25) is 14.9 Å². The molecule has 0 atom stereocenters. The number of ether oxygens (including phenoxy) is 1. The molecule has 0 saturated heterocycles. The van der Waals surface area contributed by atoms with Crippen molar-refractivity contribution in [1.82, 2.24) is 0 Å². The predicted octanol–water partition coefficient (Wildman–Crippen LogP) is 3.62.